The van der Waals surface area contributed by atoms with Crippen molar-refractivity contribution >= 4 is 17.1 Å². The topological polar surface area (TPSA) is 81.9 Å². The minimum atomic E-state index is -4.18. The summed E-state index contributed by atoms with van der Waals surface area (Å²) in [5.74, 6) is 0.482. The van der Waals surface area contributed by atoms with Crippen molar-refractivity contribution in [2.75, 3.05) is 18.0 Å². The molecule has 8 rings (SSSR count). The molecule has 0 spiro atoms. The van der Waals surface area contributed by atoms with Crippen LogP contribution < -0.4 is 4.90 Å². The predicted octanol–water partition coefficient (Wildman–Crippen LogP) is 4.52. The van der Waals surface area contributed by atoms with Crippen LogP contribution in [-0.4, -0.2) is 55.1 Å². The summed E-state index contributed by atoms with van der Waals surface area (Å²) < 4.78 is 49.1. The van der Waals surface area contributed by atoms with Crippen molar-refractivity contribution in [1.82, 2.24) is 29.7 Å². The highest BCUT2D eigenvalue weighted by Crippen LogP contribution is 2.78. The summed E-state index contributed by atoms with van der Waals surface area (Å²) in [6.45, 7) is 6.84. The van der Waals surface area contributed by atoms with Crippen LogP contribution in [0.4, 0.5) is 19.1 Å². The first-order chi connectivity index (χ1) is 17.1. The van der Waals surface area contributed by atoms with Crippen LogP contribution in [0.3, 0.4) is 0 Å². The number of halogens is 3. The second-order valence-electron chi connectivity index (χ2n) is 11.4. The van der Waals surface area contributed by atoms with E-state index in [0.717, 1.165) is 29.8 Å². The second-order valence-corrected chi connectivity index (χ2v) is 11.4. The van der Waals surface area contributed by atoms with Gasteiger partial charge in [0.15, 0.2) is 5.65 Å². The molecule has 5 aliphatic rings. The molecule has 2 bridgehead atoms. The van der Waals surface area contributed by atoms with Crippen LogP contribution in [0.25, 0.3) is 11.2 Å². The number of alkyl halides is 3. The van der Waals surface area contributed by atoms with Gasteiger partial charge in [-0.05, 0) is 52.9 Å². The molecule has 3 aromatic heterocycles. The maximum atomic E-state index is 13.6. The van der Waals surface area contributed by atoms with Gasteiger partial charge in [0, 0.05) is 23.7 Å². The Hall–Kier alpha value is -2.82. The summed E-state index contributed by atoms with van der Waals surface area (Å²) in [6, 6.07) is 0.487. The van der Waals surface area contributed by atoms with Crippen molar-refractivity contribution in [3.8, 4) is 0 Å². The molecule has 2 unspecified atom stereocenters. The minimum Gasteiger partial charge on any atom is -0.367 e. The lowest BCUT2D eigenvalue weighted by Crippen LogP contribution is -2.70. The summed E-state index contributed by atoms with van der Waals surface area (Å²) in [4.78, 5) is 21.1. The lowest BCUT2D eigenvalue weighted by molar-refractivity contribution is -0.337. The Morgan fingerprint density at radius 2 is 1.72 bits per heavy atom. The summed E-state index contributed by atoms with van der Waals surface area (Å²) >= 11 is 0. The van der Waals surface area contributed by atoms with E-state index in [-0.39, 0.29) is 31.5 Å². The lowest BCUT2D eigenvalue weighted by atomic mass is 9.34. The second kappa shape index (κ2) is 7.14. The quantitative estimate of drug-likeness (QED) is 0.522. The number of hydrogen-bond donors (Lipinski definition) is 0. The molecule has 0 N–H and O–H groups in total. The third-order valence-electron chi connectivity index (χ3n) is 8.52. The molecule has 5 fully saturated rings. The first kappa shape index (κ1) is 22.4. The fourth-order valence-corrected chi connectivity index (χ4v) is 6.31. The van der Waals surface area contributed by atoms with Crippen molar-refractivity contribution in [2.24, 2.45) is 5.41 Å². The average molecular weight is 500 g/mol. The van der Waals surface area contributed by atoms with E-state index in [1.807, 2.05) is 31.6 Å². The van der Waals surface area contributed by atoms with Gasteiger partial charge in [-0.3, -0.25) is 4.68 Å². The van der Waals surface area contributed by atoms with E-state index in [2.05, 4.69) is 21.2 Å². The number of ether oxygens (including phenoxy) is 1. The third-order valence-corrected chi connectivity index (χ3v) is 8.52. The van der Waals surface area contributed by atoms with Gasteiger partial charge in [-0.15, -0.1) is 0 Å². The molecule has 11 heteroatoms. The molecule has 0 amide bonds. The highest BCUT2D eigenvalue weighted by Gasteiger charge is 2.79. The van der Waals surface area contributed by atoms with Gasteiger partial charge in [0.1, 0.15) is 11.6 Å². The Balaban J connectivity index is 1.26. The molecular weight excluding hydrogens is 471 g/mol. The Labute approximate surface area is 206 Å². The number of aryl methyl sites for hydroxylation is 2. The van der Waals surface area contributed by atoms with Crippen molar-refractivity contribution in [3.05, 3.63) is 35.0 Å². The normalized spacial score (nSPS) is 31.9. The molecule has 4 heterocycles. The smallest absolute Gasteiger partial charge is 0.367 e. The highest BCUT2D eigenvalue weighted by atomic mass is 19.4. The molecule has 0 radical (unpaired) electrons. The summed E-state index contributed by atoms with van der Waals surface area (Å²) in [5.41, 5.74) is 1.91. The summed E-state index contributed by atoms with van der Waals surface area (Å²) in [6.07, 6.45) is 1.95. The van der Waals surface area contributed by atoms with Gasteiger partial charge in [0.2, 0.25) is 5.95 Å². The van der Waals surface area contributed by atoms with Gasteiger partial charge in [-0.25, -0.2) is 15.0 Å². The highest BCUT2D eigenvalue weighted by molar-refractivity contribution is 5.77. The molecule has 1 saturated heterocycles. The molecule has 4 aliphatic carbocycles. The van der Waals surface area contributed by atoms with Gasteiger partial charge in [0.25, 0.3) is 0 Å². The van der Waals surface area contributed by atoms with Crippen molar-refractivity contribution in [1.29, 1.82) is 0 Å². The fourth-order valence-electron chi connectivity index (χ4n) is 6.31. The van der Waals surface area contributed by atoms with Crippen LogP contribution in [-0.2, 0) is 10.2 Å². The number of rotatable bonds is 4. The SMILES string of the molecule is Cc1nc2nc(N3CC(C)OC(c4cnn(C5CC5)c4)C3)nc(C34CC(C(F)(F)F)(C3)C4)c2nc1C. The molecule has 0 aromatic carbocycles. The fraction of sp³-hybridized carbons (Fsp3) is 0.640. The summed E-state index contributed by atoms with van der Waals surface area (Å²) in [5, 5.41) is 4.51. The zero-order chi connectivity index (χ0) is 25.0. The molecule has 190 valence electrons. The minimum absolute atomic E-state index is 0.0617. The number of aromatic nitrogens is 6. The van der Waals surface area contributed by atoms with Crippen LogP contribution in [0.5, 0.6) is 0 Å². The van der Waals surface area contributed by atoms with E-state index in [1.165, 1.54) is 0 Å². The summed E-state index contributed by atoms with van der Waals surface area (Å²) in [7, 11) is 0. The maximum Gasteiger partial charge on any atom is 0.394 e. The maximum absolute atomic E-state index is 13.6. The zero-order valence-electron chi connectivity index (χ0n) is 20.5. The molecule has 4 saturated carbocycles. The van der Waals surface area contributed by atoms with E-state index >= 15 is 0 Å². The number of anilines is 1. The Morgan fingerprint density at radius 3 is 2.42 bits per heavy atom. The largest absolute Gasteiger partial charge is 0.394 e. The monoisotopic (exact) mass is 499 g/mol. The van der Waals surface area contributed by atoms with Gasteiger partial charge in [-0.1, -0.05) is 0 Å². The average Bonchev–Trinajstić information content (AvgIpc) is 3.48. The Kier molecular flexibility index (Phi) is 4.44. The van der Waals surface area contributed by atoms with Crippen LogP contribution >= 0.6 is 0 Å². The molecule has 36 heavy (non-hydrogen) atoms. The van der Waals surface area contributed by atoms with Crippen LogP contribution in [0.1, 0.15) is 73.8 Å². The van der Waals surface area contributed by atoms with Gasteiger partial charge in [-0.2, -0.15) is 23.3 Å². The van der Waals surface area contributed by atoms with Crippen molar-refractivity contribution in [2.45, 2.75) is 82.7 Å². The molecule has 2 atom stereocenters. The predicted molar refractivity (Wildman–Crippen MR) is 125 cm³/mol. The van der Waals surface area contributed by atoms with E-state index in [4.69, 9.17) is 19.7 Å². The van der Waals surface area contributed by atoms with Crippen LogP contribution in [0, 0.1) is 19.3 Å². The van der Waals surface area contributed by atoms with Gasteiger partial charge < -0.3 is 9.64 Å². The Bertz CT molecular complexity index is 1360. The van der Waals surface area contributed by atoms with Crippen molar-refractivity contribution in [3.63, 3.8) is 0 Å². The van der Waals surface area contributed by atoms with Gasteiger partial charge >= 0.3 is 6.18 Å². The van der Waals surface area contributed by atoms with E-state index < -0.39 is 17.0 Å². The molecular formula is C25H28F3N7O. The van der Waals surface area contributed by atoms with Crippen LogP contribution in [0.2, 0.25) is 0 Å². The van der Waals surface area contributed by atoms with E-state index in [1.54, 1.807) is 0 Å². The standard InChI is InChI=1S/C25H28F3N7O/c1-13-7-34(9-18(36-13)16-6-29-35(8-16)17-4-5-17)22-32-20(19-21(33-22)31-15(3)14(2)30-19)23-10-24(11-23,12-23)25(26,27)28/h6,8,13,17-18H,4-5,7,9-12H2,1-3H3. The zero-order valence-corrected chi connectivity index (χ0v) is 20.5. The van der Waals surface area contributed by atoms with E-state index in [9.17, 15) is 13.2 Å². The van der Waals surface area contributed by atoms with E-state index in [0.29, 0.717) is 41.9 Å². The number of nitrogens with zero attached hydrogens (tertiary/aromatic N) is 7. The van der Waals surface area contributed by atoms with Crippen LogP contribution in [0.15, 0.2) is 12.4 Å². The number of morpholine rings is 1. The number of fused-ring (bicyclic) bond motifs is 1. The lowest BCUT2D eigenvalue weighted by Gasteiger charge is -2.70. The first-order valence-electron chi connectivity index (χ1n) is 12.6. The first-order valence-corrected chi connectivity index (χ1v) is 12.6. The van der Waals surface area contributed by atoms with Gasteiger partial charge in [0.05, 0.1) is 47.4 Å². The number of hydrogen-bond acceptors (Lipinski definition) is 7. The Morgan fingerprint density at radius 1 is 1.00 bits per heavy atom. The third kappa shape index (κ3) is 3.20. The molecule has 8 nitrogen and oxygen atoms in total. The molecule has 3 aromatic rings. The molecule has 1 aliphatic heterocycles. The van der Waals surface area contributed by atoms with Crippen molar-refractivity contribution < 1.29 is 17.9 Å².